The maximum atomic E-state index is 10.3. The van der Waals surface area contributed by atoms with Crippen LogP contribution in [-0.4, -0.2) is 112 Å². The van der Waals surface area contributed by atoms with Crippen LogP contribution in [0, 0.1) is 0 Å². The van der Waals surface area contributed by atoms with Gasteiger partial charge in [0.1, 0.15) is 6.54 Å². The zero-order valence-electron chi connectivity index (χ0n) is 14.6. The summed E-state index contributed by atoms with van der Waals surface area (Å²) in [5, 5.41) is 56.2. The highest BCUT2D eigenvalue weighted by Gasteiger charge is 2.40. The average Bonchev–Trinajstić information content (AvgIpc) is 2.40. The maximum Gasteiger partial charge on any atom is 0.336 e. The molecule has 24 heavy (non-hydrogen) atoms. The number of carbonyl (C=O) groups is 3. The SMILES string of the molecule is CO.CO.C[N+](C)(C)CCO.O=C(O)CC(O)(CC(=O)O)C(=O)O. The fraction of sp³-hybridized carbons (Fsp3) is 0.769. The highest BCUT2D eigenvalue weighted by molar-refractivity contribution is 5.88. The molecule has 0 amide bonds. The van der Waals surface area contributed by atoms with Crippen molar-refractivity contribution in [1.82, 2.24) is 0 Å². The first-order valence-corrected chi connectivity index (χ1v) is 6.54. The number of hydrogen-bond acceptors (Lipinski definition) is 7. The molecule has 0 fully saturated rings. The van der Waals surface area contributed by atoms with Gasteiger partial charge in [0.05, 0.1) is 40.6 Å². The highest BCUT2D eigenvalue weighted by Crippen LogP contribution is 2.15. The summed E-state index contributed by atoms with van der Waals surface area (Å²) < 4.78 is 0.844. The zero-order chi connectivity index (χ0) is 20.6. The number of nitrogens with zero attached hydrogens (tertiary/aromatic N) is 1. The van der Waals surface area contributed by atoms with Crippen LogP contribution in [-0.2, 0) is 14.4 Å². The van der Waals surface area contributed by atoms with Gasteiger partial charge in [-0.25, -0.2) is 4.79 Å². The van der Waals surface area contributed by atoms with Crippen molar-refractivity contribution in [3.63, 3.8) is 0 Å². The van der Waals surface area contributed by atoms with Gasteiger partial charge in [-0.1, -0.05) is 0 Å². The Hall–Kier alpha value is -1.79. The number of likely N-dealkylation sites (N-methyl/N-ethyl adjacent to an activating group) is 1. The van der Waals surface area contributed by atoms with Crippen molar-refractivity contribution in [3.8, 4) is 0 Å². The van der Waals surface area contributed by atoms with Gasteiger partial charge in [-0.15, -0.1) is 0 Å². The fourth-order valence-electron chi connectivity index (χ4n) is 1.01. The number of quaternary nitrogens is 1. The summed E-state index contributed by atoms with van der Waals surface area (Å²) in [4.78, 5) is 30.5. The monoisotopic (exact) mass is 360 g/mol. The molecule has 0 unspecified atom stereocenters. The molecular formula is C13H30NO10+. The van der Waals surface area contributed by atoms with E-state index in [1.807, 2.05) is 0 Å². The quantitative estimate of drug-likeness (QED) is 0.242. The van der Waals surface area contributed by atoms with Gasteiger partial charge in [-0.3, -0.25) is 9.59 Å². The first-order chi connectivity index (χ1) is 10.8. The minimum atomic E-state index is -2.74. The third-order valence-electron chi connectivity index (χ3n) is 2.06. The summed E-state index contributed by atoms with van der Waals surface area (Å²) in [5.74, 6) is -5.02. The standard InChI is InChI=1S/C6H8O7.C5H14NO.2CH4O/c7-3(8)1-6(13,5(11)12)2-4(9)10;1-6(2,3)4-5-7;2*1-2/h13H,1-2H2,(H,7,8)(H,9,10)(H,11,12);7H,4-5H2,1-3H3;2*2H,1H3/q;+1;;. The Bertz CT molecular complexity index is 335. The Morgan fingerprint density at radius 1 is 0.833 bits per heavy atom. The minimum absolute atomic E-state index is 0.281. The number of carboxylic acid groups (broad SMARTS) is 3. The van der Waals surface area contributed by atoms with Crippen LogP contribution in [0.5, 0.6) is 0 Å². The topological polar surface area (TPSA) is 193 Å². The van der Waals surface area contributed by atoms with Crippen LogP contribution in [0.4, 0.5) is 0 Å². The van der Waals surface area contributed by atoms with Gasteiger partial charge in [-0.05, 0) is 0 Å². The molecule has 0 aliphatic carbocycles. The van der Waals surface area contributed by atoms with E-state index in [1.54, 1.807) is 0 Å². The third-order valence-corrected chi connectivity index (χ3v) is 2.06. The van der Waals surface area contributed by atoms with Gasteiger partial charge in [0, 0.05) is 14.2 Å². The van der Waals surface area contributed by atoms with E-state index in [4.69, 9.17) is 35.7 Å². The number of hydrogen-bond donors (Lipinski definition) is 7. The van der Waals surface area contributed by atoms with Crippen molar-refractivity contribution in [2.24, 2.45) is 0 Å². The van der Waals surface area contributed by atoms with E-state index in [-0.39, 0.29) is 6.61 Å². The average molecular weight is 360 g/mol. The Labute approximate surface area is 140 Å². The second-order valence-corrected chi connectivity index (χ2v) is 5.22. The second-order valence-electron chi connectivity index (χ2n) is 5.22. The first-order valence-electron chi connectivity index (χ1n) is 6.54. The predicted octanol–water partition coefficient (Wildman–Crippen LogP) is -2.35. The molecule has 0 saturated heterocycles. The number of aliphatic hydroxyl groups excluding tert-OH is 3. The van der Waals surface area contributed by atoms with Crippen LogP contribution >= 0.6 is 0 Å². The van der Waals surface area contributed by atoms with Crippen molar-refractivity contribution in [2.45, 2.75) is 18.4 Å². The molecule has 0 radical (unpaired) electrons. The van der Waals surface area contributed by atoms with Gasteiger partial charge in [-0.2, -0.15) is 0 Å². The first kappa shape index (κ1) is 30.1. The van der Waals surface area contributed by atoms with E-state index in [0.717, 1.165) is 25.2 Å². The Kier molecular flexibility index (Phi) is 20.2. The predicted molar refractivity (Wildman–Crippen MR) is 83.4 cm³/mol. The van der Waals surface area contributed by atoms with Gasteiger partial charge in [0.15, 0.2) is 5.60 Å². The van der Waals surface area contributed by atoms with Crippen molar-refractivity contribution < 1.29 is 54.6 Å². The summed E-state index contributed by atoms with van der Waals surface area (Å²) in [6, 6.07) is 0. The largest absolute Gasteiger partial charge is 0.481 e. The van der Waals surface area contributed by atoms with E-state index in [9.17, 15) is 14.4 Å². The summed E-state index contributed by atoms with van der Waals surface area (Å²) in [6.45, 7) is 1.11. The van der Waals surface area contributed by atoms with Crippen LogP contribution in [0.1, 0.15) is 12.8 Å². The van der Waals surface area contributed by atoms with Gasteiger partial charge < -0.3 is 40.2 Å². The number of aliphatic hydroxyl groups is 4. The molecule has 0 aromatic rings. The molecule has 0 aromatic heterocycles. The molecule has 0 atom stereocenters. The van der Waals surface area contributed by atoms with Crippen LogP contribution in [0.25, 0.3) is 0 Å². The fourth-order valence-corrected chi connectivity index (χ4v) is 1.01. The van der Waals surface area contributed by atoms with Gasteiger partial charge in [0.25, 0.3) is 0 Å². The van der Waals surface area contributed by atoms with Gasteiger partial charge in [0.2, 0.25) is 0 Å². The van der Waals surface area contributed by atoms with Crippen molar-refractivity contribution in [3.05, 3.63) is 0 Å². The van der Waals surface area contributed by atoms with E-state index in [1.165, 1.54) is 0 Å². The molecule has 0 aromatic carbocycles. The molecule has 11 nitrogen and oxygen atoms in total. The lowest BCUT2D eigenvalue weighted by atomic mass is 9.96. The Morgan fingerprint density at radius 2 is 1.12 bits per heavy atom. The lowest BCUT2D eigenvalue weighted by Gasteiger charge is -2.21. The summed E-state index contributed by atoms with van der Waals surface area (Å²) in [6.07, 6.45) is -2.29. The van der Waals surface area contributed by atoms with Crippen LogP contribution < -0.4 is 0 Å². The molecule has 0 rings (SSSR count). The van der Waals surface area contributed by atoms with Crippen LogP contribution in [0.15, 0.2) is 0 Å². The smallest absolute Gasteiger partial charge is 0.336 e. The van der Waals surface area contributed by atoms with E-state index >= 15 is 0 Å². The minimum Gasteiger partial charge on any atom is -0.481 e. The third kappa shape index (κ3) is 22.5. The Balaban J connectivity index is -0.000000153. The van der Waals surface area contributed by atoms with E-state index < -0.39 is 36.4 Å². The maximum absolute atomic E-state index is 10.3. The van der Waals surface area contributed by atoms with E-state index in [0.29, 0.717) is 0 Å². The van der Waals surface area contributed by atoms with Crippen molar-refractivity contribution in [1.29, 1.82) is 0 Å². The summed E-state index contributed by atoms with van der Waals surface area (Å²) in [7, 11) is 8.16. The van der Waals surface area contributed by atoms with Gasteiger partial charge >= 0.3 is 17.9 Å². The highest BCUT2D eigenvalue weighted by atomic mass is 16.4. The molecule has 11 heteroatoms. The van der Waals surface area contributed by atoms with E-state index in [2.05, 4.69) is 21.1 Å². The molecule has 0 aliphatic heterocycles. The molecule has 0 saturated carbocycles. The normalized spacial score (nSPS) is 9.88. The van der Waals surface area contributed by atoms with Crippen molar-refractivity contribution in [2.75, 3.05) is 48.5 Å². The number of aliphatic carboxylic acids is 3. The number of rotatable bonds is 7. The zero-order valence-corrected chi connectivity index (χ0v) is 14.6. The summed E-state index contributed by atoms with van der Waals surface area (Å²) >= 11 is 0. The lowest BCUT2D eigenvalue weighted by molar-refractivity contribution is -0.870. The molecule has 146 valence electrons. The molecule has 0 aliphatic rings. The molecule has 0 bridgehead atoms. The molecule has 7 N–H and O–H groups in total. The van der Waals surface area contributed by atoms with Crippen LogP contribution in [0.2, 0.25) is 0 Å². The summed E-state index contributed by atoms with van der Waals surface area (Å²) in [5.41, 5.74) is -2.74. The van der Waals surface area contributed by atoms with Crippen molar-refractivity contribution >= 4 is 17.9 Å². The second kappa shape index (κ2) is 16.1. The molecule has 0 heterocycles. The Morgan fingerprint density at radius 3 is 1.21 bits per heavy atom. The van der Waals surface area contributed by atoms with Crippen LogP contribution in [0.3, 0.4) is 0 Å². The molecular weight excluding hydrogens is 330 g/mol. The lowest BCUT2D eigenvalue weighted by Crippen LogP contribution is -2.42. The molecule has 0 spiro atoms. The number of carboxylic acids is 3.